The summed E-state index contributed by atoms with van der Waals surface area (Å²) in [5, 5.41) is 9.39. The van der Waals surface area contributed by atoms with Crippen molar-refractivity contribution < 1.29 is 19.1 Å². The molecule has 1 aromatic carbocycles. The summed E-state index contributed by atoms with van der Waals surface area (Å²) in [6, 6.07) is 5.33. The zero-order valence-electron chi connectivity index (χ0n) is 13.0. The number of H-pyrrole nitrogens is 1. The van der Waals surface area contributed by atoms with E-state index in [-0.39, 0.29) is 25.0 Å². The molecule has 1 aromatic heterocycles. The second-order valence-corrected chi connectivity index (χ2v) is 5.86. The Hall–Kier alpha value is -3.03. The van der Waals surface area contributed by atoms with Gasteiger partial charge in [-0.1, -0.05) is 0 Å². The number of carbonyl (C=O) groups excluding carboxylic acids is 2. The van der Waals surface area contributed by atoms with Crippen LogP contribution < -0.4 is 19.7 Å². The van der Waals surface area contributed by atoms with E-state index in [1.54, 1.807) is 29.3 Å². The summed E-state index contributed by atoms with van der Waals surface area (Å²) in [6.45, 7) is 2.36. The van der Waals surface area contributed by atoms with Crippen LogP contribution in [0.3, 0.4) is 0 Å². The summed E-state index contributed by atoms with van der Waals surface area (Å²) in [7, 11) is 0. The van der Waals surface area contributed by atoms with E-state index in [4.69, 9.17) is 9.47 Å². The Morgan fingerprint density at radius 1 is 1.38 bits per heavy atom. The van der Waals surface area contributed by atoms with Crippen LogP contribution in [0.4, 0.5) is 11.5 Å². The molecule has 2 N–H and O–H groups in total. The number of ether oxygens (including phenoxy) is 2. The first-order valence-electron chi connectivity index (χ1n) is 7.62. The number of anilines is 2. The summed E-state index contributed by atoms with van der Waals surface area (Å²) in [6.07, 6.45) is 1.81. The summed E-state index contributed by atoms with van der Waals surface area (Å²) in [5.74, 6) is 1.14. The highest BCUT2D eigenvalue weighted by Crippen LogP contribution is 2.37. The fourth-order valence-electron chi connectivity index (χ4n) is 2.88. The van der Waals surface area contributed by atoms with Crippen molar-refractivity contribution in [2.75, 3.05) is 23.6 Å². The van der Waals surface area contributed by atoms with E-state index in [0.717, 1.165) is 5.56 Å². The minimum Gasteiger partial charge on any atom is -0.454 e. The molecule has 2 aliphatic rings. The van der Waals surface area contributed by atoms with Crippen molar-refractivity contribution in [2.45, 2.75) is 13.3 Å². The quantitative estimate of drug-likeness (QED) is 0.889. The molecule has 0 saturated carbocycles. The van der Waals surface area contributed by atoms with E-state index in [1.165, 1.54) is 0 Å². The van der Waals surface area contributed by atoms with Crippen molar-refractivity contribution in [2.24, 2.45) is 5.92 Å². The number of benzene rings is 1. The topological polar surface area (TPSA) is 96.5 Å². The average molecular weight is 328 g/mol. The molecule has 0 spiro atoms. The number of nitrogens with zero attached hydrogens (tertiary/aromatic N) is 2. The van der Waals surface area contributed by atoms with E-state index >= 15 is 0 Å². The molecule has 0 bridgehead atoms. The number of amides is 2. The predicted octanol–water partition coefficient (Wildman–Crippen LogP) is 1.44. The number of aromatic amines is 1. The largest absolute Gasteiger partial charge is 0.454 e. The maximum Gasteiger partial charge on any atom is 0.231 e. The van der Waals surface area contributed by atoms with Crippen LogP contribution >= 0.6 is 0 Å². The first-order valence-corrected chi connectivity index (χ1v) is 7.62. The molecule has 8 nitrogen and oxygen atoms in total. The number of aromatic nitrogens is 2. The fraction of sp³-hybridized carbons (Fsp3) is 0.312. The molecule has 1 unspecified atom stereocenters. The van der Waals surface area contributed by atoms with Crippen LogP contribution in [0.1, 0.15) is 12.0 Å². The molecule has 4 rings (SSSR count). The second-order valence-electron chi connectivity index (χ2n) is 5.86. The van der Waals surface area contributed by atoms with Crippen LogP contribution in [-0.2, 0) is 9.59 Å². The van der Waals surface area contributed by atoms with E-state index in [2.05, 4.69) is 15.5 Å². The molecule has 2 amide bonds. The number of nitrogens with one attached hydrogen (secondary N) is 2. The van der Waals surface area contributed by atoms with Gasteiger partial charge >= 0.3 is 0 Å². The molecule has 1 atom stereocenters. The van der Waals surface area contributed by atoms with Crippen molar-refractivity contribution in [3.63, 3.8) is 0 Å². The first kappa shape index (κ1) is 14.6. The van der Waals surface area contributed by atoms with Crippen molar-refractivity contribution in [1.29, 1.82) is 0 Å². The lowest BCUT2D eigenvalue weighted by Crippen LogP contribution is -2.28. The third-order valence-corrected chi connectivity index (χ3v) is 4.24. The van der Waals surface area contributed by atoms with Crippen LogP contribution in [0.25, 0.3) is 0 Å². The zero-order valence-corrected chi connectivity index (χ0v) is 13.0. The summed E-state index contributed by atoms with van der Waals surface area (Å²) < 4.78 is 10.6. The number of carbonyl (C=O) groups is 2. The van der Waals surface area contributed by atoms with Crippen LogP contribution in [0.15, 0.2) is 24.4 Å². The number of hydrogen-bond donors (Lipinski definition) is 2. The van der Waals surface area contributed by atoms with Crippen LogP contribution in [0.2, 0.25) is 0 Å². The Morgan fingerprint density at radius 2 is 2.21 bits per heavy atom. The smallest absolute Gasteiger partial charge is 0.231 e. The van der Waals surface area contributed by atoms with Gasteiger partial charge in [-0.2, -0.15) is 5.10 Å². The lowest BCUT2D eigenvalue weighted by atomic mass is 10.1. The van der Waals surface area contributed by atoms with Gasteiger partial charge < -0.3 is 19.7 Å². The average Bonchev–Trinajstić information content (AvgIpc) is 3.27. The Bertz CT molecular complexity index is 816. The number of fused-ring (bicyclic) bond motifs is 1. The van der Waals surface area contributed by atoms with Gasteiger partial charge in [0.05, 0.1) is 12.1 Å². The van der Waals surface area contributed by atoms with Gasteiger partial charge in [-0.3, -0.25) is 14.7 Å². The van der Waals surface area contributed by atoms with Crippen molar-refractivity contribution in [3.05, 3.63) is 30.0 Å². The Kier molecular flexibility index (Phi) is 3.37. The normalized spacial score (nSPS) is 19.0. The molecule has 3 heterocycles. The second kappa shape index (κ2) is 5.55. The molecule has 0 aliphatic carbocycles. The lowest BCUT2D eigenvalue weighted by Gasteiger charge is -2.17. The molecule has 1 saturated heterocycles. The fourth-order valence-corrected chi connectivity index (χ4v) is 2.88. The minimum atomic E-state index is -0.411. The molecule has 2 aromatic rings. The third-order valence-electron chi connectivity index (χ3n) is 4.24. The first-order chi connectivity index (χ1) is 11.6. The van der Waals surface area contributed by atoms with Gasteiger partial charge in [0.25, 0.3) is 0 Å². The van der Waals surface area contributed by atoms with Crippen LogP contribution in [-0.4, -0.2) is 35.3 Å². The van der Waals surface area contributed by atoms with Gasteiger partial charge in [0.1, 0.15) is 5.82 Å². The Labute approximate surface area is 137 Å². The van der Waals surface area contributed by atoms with E-state index in [9.17, 15) is 9.59 Å². The molecule has 124 valence electrons. The molecular weight excluding hydrogens is 312 g/mol. The lowest BCUT2D eigenvalue weighted by molar-refractivity contribution is -0.122. The SMILES string of the molecule is Cc1cn[nH]c1NC(=O)C1CC(=O)N(c2ccc3c(c2)OCO3)C1. The van der Waals surface area contributed by atoms with Gasteiger partial charge in [-0.05, 0) is 19.1 Å². The van der Waals surface area contributed by atoms with Crippen LogP contribution in [0, 0.1) is 12.8 Å². The Balaban J connectivity index is 1.48. The van der Waals surface area contributed by atoms with Gasteiger partial charge in [0.15, 0.2) is 11.5 Å². The van der Waals surface area contributed by atoms with Gasteiger partial charge in [-0.25, -0.2) is 0 Å². The highest BCUT2D eigenvalue weighted by Gasteiger charge is 2.36. The maximum absolute atomic E-state index is 12.4. The number of rotatable bonds is 3. The number of hydrogen-bond acceptors (Lipinski definition) is 5. The molecular formula is C16H16N4O4. The summed E-state index contributed by atoms with van der Waals surface area (Å²) in [4.78, 5) is 26.3. The van der Waals surface area contributed by atoms with E-state index in [0.29, 0.717) is 29.5 Å². The minimum absolute atomic E-state index is 0.0876. The zero-order chi connectivity index (χ0) is 16.7. The predicted molar refractivity (Wildman–Crippen MR) is 85.0 cm³/mol. The number of aryl methyl sites for hydroxylation is 1. The Morgan fingerprint density at radius 3 is 3.00 bits per heavy atom. The highest BCUT2D eigenvalue weighted by atomic mass is 16.7. The van der Waals surface area contributed by atoms with Crippen molar-refractivity contribution >= 4 is 23.3 Å². The van der Waals surface area contributed by atoms with E-state index in [1.807, 2.05) is 6.92 Å². The molecule has 0 radical (unpaired) electrons. The molecule has 1 fully saturated rings. The molecule has 24 heavy (non-hydrogen) atoms. The van der Waals surface area contributed by atoms with Gasteiger partial charge in [-0.15, -0.1) is 0 Å². The van der Waals surface area contributed by atoms with Gasteiger partial charge in [0, 0.05) is 30.3 Å². The van der Waals surface area contributed by atoms with Gasteiger partial charge in [0.2, 0.25) is 18.6 Å². The molecule has 8 heteroatoms. The monoisotopic (exact) mass is 328 g/mol. The van der Waals surface area contributed by atoms with Crippen molar-refractivity contribution in [1.82, 2.24) is 10.2 Å². The molecule has 2 aliphatic heterocycles. The maximum atomic E-state index is 12.4. The standard InChI is InChI=1S/C16H16N4O4/c1-9-6-17-19-15(9)18-16(22)10-4-14(21)20(7-10)11-2-3-12-13(5-11)24-8-23-12/h2-3,5-6,10H,4,7-8H2,1H3,(H2,17,18,19,22). The summed E-state index contributed by atoms with van der Waals surface area (Å²) in [5.41, 5.74) is 1.55. The van der Waals surface area contributed by atoms with Crippen LogP contribution in [0.5, 0.6) is 11.5 Å². The van der Waals surface area contributed by atoms with Crippen molar-refractivity contribution in [3.8, 4) is 11.5 Å². The highest BCUT2D eigenvalue weighted by molar-refractivity contribution is 6.03. The summed E-state index contributed by atoms with van der Waals surface area (Å²) >= 11 is 0. The van der Waals surface area contributed by atoms with E-state index < -0.39 is 5.92 Å². The third kappa shape index (κ3) is 2.45.